The van der Waals surface area contributed by atoms with Gasteiger partial charge in [0.15, 0.2) is 0 Å². The summed E-state index contributed by atoms with van der Waals surface area (Å²) in [6.45, 7) is 8.60. The standard InChI is InChI=1S/C11H26NO4.C2H6O4S/c1-3-12(2,4-8-15-10-6-13)5-9-16-11-7-14;1-2-7(4,5)6-3/h13-14H,3-11H2,1-2H3;3H,2H2,1H3/q+1;/p-1. The Morgan fingerprint density at radius 2 is 1.39 bits per heavy atom. The molecule has 0 atom stereocenters. The summed E-state index contributed by atoms with van der Waals surface area (Å²) in [6, 6.07) is 0. The fraction of sp³-hybridized carbons (Fsp3) is 1.00. The van der Waals surface area contributed by atoms with Crippen LogP contribution in [-0.2, 0) is 23.9 Å². The van der Waals surface area contributed by atoms with Gasteiger partial charge in [-0.05, 0) is 13.8 Å². The number of nitrogens with zero attached hydrogens (tertiary/aromatic N) is 1. The molecule has 0 aromatic rings. The van der Waals surface area contributed by atoms with Crippen LogP contribution >= 0.6 is 0 Å². The number of ether oxygens (including phenoxy) is 2. The number of likely N-dealkylation sites (N-methyl/N-ethyl adjacent to an activating group) is 1. The summed E-state index contributed by atoms with van der Waals surface area (Å²) in [6.07, 6.45) is 0. The molecule has 0 bridgehead atoms. The predicted octanol–water partition coefficient (Wildman–Crippen LogP) is -1.90. The van der Waals surface area contributed by atoms with Crippen LogP contribution in [0.15, 0.2) is 0 Å². The van der Waals surface area contributed by atoms with Crippen LogP contribution in [-0.4, -0.2) is 95.2 Å². The minimum atomic E-state index is -3.71. The lowest BCUT2D eigenvalue weighted by Gasteiger charge is -2.33. The van der Waals surface area contributed by atoms with E-state index >= 15 is 0 Å². The van der Waals surface area contributed by atoms with E-state index in [0.717, 1.165) is 24.1 Å². The SMILES string of the molecule is CCS(=O)(=O)O[O-].CC[N+](C)(CCOCCO)CCOCCO. The summed E-state index contributed by atoms with van der Waals surface area (Å²) in [5.74, 6) is -0.267. The van der Waals surface area contributed by atoms with Gasteiger partial charge in [0.2, 0.25) is 0 Å². The van der Waals surface area contributed by atoms with Gasteiger partial charge in [0.25, 0.3) is 10.1 Å². The molecule has 0 aromatic carbocycles. The maximum atomic E-state index is 9.83. The van der Waals surface area contributed by atoms with Crippen LogP contribution in [0.5, 0.6) is 0 Å². The van der Waals surface area contributed by atoms with E-state index in [-0.39, 0.29) is 19.0 Å². The molecule has 0 aliphatic carbocycles. The smallest absolute Gasteiger partial charge is 0.258 e. The Bertz CT molecular complexity index is 328. The maximum Gasteiger partial charge on any atom is 0.258 e. The molecule has 0 radical (unpaired) electrons. The van der Waals surface area contributed by atoms with Gasteiger partial charge in [-0.2, -0.15) is 0 Å². The van der Waals surface area contributed by atoms with Gasteiger partial charge in [0.05, 0.1) is 59.0 Å². The number of aliphatic hydroxyl groups is 2. The second kappa shape index (κ2) is 15.2. The Morgan fingerprint density at radius 3 is 1.61 bits per heavy atom. The molecule has 0 amide bonds. The van der Waals surface area contributed by atoms with Crippen LogP contribution in [0.2, 0.25) is 0 Å². The quantitative estimate of drug-likeness (QED) is 0.169. The van der Waals surface area contributed by atoms with Crippen molar-refractivity contribution in [3.63, 3.8) is 0 Å². The van der Waals surface area contributed by atoms with Crippen LogP contribution in [0, 0.1) is 0 Å². The van der Waals surface area contributed by atoms with E-state index in [1.807, 2.05) is 0 Å². The van der Waals surface area contributed by atoms with Gasteiger partial charge in [-0.15, -0.1) is 0 Å². The average Bonchev–Trinajstić information content (AvgIpc) is 2.56. The summed E-state index contributed by atoms with van der Waals surface area (Å²) >= 11 is 0. The van der Waals surface area contributed by atoms with E-state index in [4.69, 9.17) is 24.9 Å². The molecule has 0 aromatic heterocycles. The second-order valence-corrected chi connectivity index (χ2v) is 6.80. The van der Waals surface area contributed by atoms with E-state index in [0.29, 0.717) is 26.4 Å². The molecular formula is C13H31NO8S. The Morgan fingerprint density at radius 1 is 0.957 bits per heavy atom. The zero-order valence-electron chi connectivity index (χ0n) is 14.3. The number of quaternary nitrogens is 1. The number of hydrogen-bond donors (Lipinski definition) is 2. The van der Waals surface area contributed by atoms with Gasteiger partial charge in [-0.1, -0.05) is 0 Å². The van der Waals surface area contributed by atoms with Crippen molar-refractivity contribution in [1.82, 2.24) is 0 Å². The van der Waals surface area contributed by atoms with Crippen molar-refractivity contribution in [3.05, 3.63) is 0 Å². The molecule has 0 unspecified atom stereocenters. The lowest BCUT2D eigenvalue weighted by Crippen LogP contribution is -2.48. The minimum absolute atomic E-state index is 0.0788. The molecule has 9 nitrogen and oxygen atoms in total. The third-order valence-electron chi connectivity index (χ3n) is 3.24. The third-order valence-corrected chi connectivity index (χ3v) is 4.16. The molecule has 0 spiro atoms. The topological polar surface area (TPSA) is 125 Å². The lowest BCUT2D eigenvalue weighted by molar-refractivity contribution is -0.908. The maximum absolute atomic E-state index is 9.83. The fourth-order valence-electron chi connectivity index (χ4n) is 1.38. The van der Waals surface area contributed by atoms with E-state index < -0.39 is 10.1 Å². The Hall–Kier alpha value is -0.330. The highest BCUT2D eigenvalue weighted by atomic mass is 32.2. The summed E-state index contributed by atoms with van der Waals surface area (Å²) in [5, 5.41) is 26.3. The molecule has 0 aliphatic heterocycles. The van der Waals surface area contributed by atoms with E-state index in [9.17, 15) is 8.42 Å². The second-order valence-electron chi connectivity index (χ2n) is 4.97. The molecule has 0 aliphatic rings. The van der Waals surface area contributed by atoms with Crippen molar-refractivity contribution in [3.8, 4) is 0 Å². The van der Waals surface area contributed by atoms with E-state index in [1.54, 1.807) is 0 Å². The Balaban J connectivity index is 0. The molecule has 0 saturated heterocycles. The van der Waals surface area contributed by atoms with Crippen molar-refractivity contribution in [2.45, 2.75) is 13.8 Å². The summed E-state index contributed by atoms with van der Waals surface area (Å²) < 4.78 is 33.9. The zero-order chi connectivity index (χ0) is 18.2. The molecule has 0 fully saturated rings. The first kappa shape index (κ1) is 24.9. The molecule has 0 heterocycles. The van der Waals surface area contributed by atoms with Crippen LogP contribution in [0.25, 0.3) is 0 Å². The molecule has 142 valence electrons. The molecule has 10 heteroatoms. The summed E-state index contributed by atoms with van der Waals surface area (Å²) in [7, 11) is -1.56. The van der Waals surface area contributed by atoms with Crippen molar-refractivity contribution in [2.75, 3.05) is 72.1 Å². The minimum Gasteiger partial charge on any atom is -0.707 e. The Kier molecular flexibility index (Phi) is 16.5. The predicted molar refractivity (Wildman–Crippen MR) is 82.8 cm³/mol. The van der Waals surface area contributed by atoms with Crippen LogP contribution < -0.4 is 5.26 Å². The summed E-state index contributed by atoms with van der Waals surface area (Å²) in [5.41, 5.74) is 0. The van der Waals surface area contributed by atoms with Gasteiger partial charge in [0.1, 0.15) is 13.1 Å². The number of hydrogen-bond acceptors (Lipinski definition) is 8. The first-order valence-corrected chi connectivity index (χ1v) is 9.13. The first-order chi connectivity index (χ1) is 10.8. The lowest BCUT2D eigenvalue weighted by atomic mass is 10.4. The largest absolute Gasteiger partial charge is 0.707 e. The first-order valence-electron chi connectivity index (χ1n) is 7.55. The van der Waals surface area contributed by atoms with Gasteiger partial charge < -0.3 is 33.8 Å². The van der Waals surface area contributed by atoms with Gasteiger partial charge in [0, 0.05) is 0 Å². The van der Waals surface area contributed by atoms with Crippen molar-refractivity contribution >= 4 is 10.1 Å². The summed E-state index contributed by atoms with van der Waals surface area (Å²) in [4.78, 5) is 0. The van der Waals surface area contributed by atoms with Crippen LogP contribution in [0.3, 0.4) is 0 Å². The highest BCUT2D eigenvalue weighted by molar-refractivity contribution is 7.86. The average molecular weight is 361 g/mol. The molecule has 2 N–H and O–H groups in total. The van der Waals surface area contributed by atoms with E-state index in [2.05, 4.69) is 18.3 Å². The number of aliphatic hydroxyl groups excluding tert-OH is 2. The van der Waals surface area contributed by atoms with Gasteiger partial charge >= 0.3 is 0 Å². The van der Waals surface area contributed by atoms with Gasteiger partial charge in [-0.25, -0.2) is 8.42 Å². The highest BCUT2D eigenvalue weighted by Crippen LogP contribution is 2.01. The molecule has 0 rings (SSSR count). The molecular weight excluding hydrogens is 330 g/mol. The van der Waals surface area contributed by atoms with E-state index in [1.165, 1.54) is 6.92 Å². The van der Waals surface area contributed by atoms with Crippen molar-refractivity contribution in [2.24, 2.45) is 0 Å². The highest BCUT2D eigenvalue weighted by Gasteiger charge is 2.18. The van der Waals surface area contributed by atoms with Gasteiger partial charge in [-0.3, -0.25) is 0 Å². The third kappa shape index (κ3) is 16.3. The monoisotopic (exact) mass is 361 g/mol. The molecule has 23 heavy (non-hydrogen) atoms. The van der Waals surface area contributed by atoms with Crippen molar-refractivity contribution in [1.29, 1.82) is 0 Å². The van der Waals surface area contributed by atoms with Crippen LogP contribution in [0.1, 0.15) is 13.8 Å². The van der Waals surface area contributed by atoms with Crippen LogP contribution in [0.4, 0.5) is 0 Å². The number of rotatable bonds is 13. The zero-order valence-corrected chi connectivity index (χ0v) is 15.1. The fourth-order valence-corrected chi connectivity index (χ4v) is 1.48. The normalized spacial score (nSPS) is 11.9. The van der Waals surface area contributed by atoms with Crippen molar-refractivity contribution < 1.29 is 42.2 Å². The molecule has 0 saturated carbocycles. The Labute approximate surface area is 139 Å².